The van der Waals surface area contributed by atoms with Gasteiger partial charge in [0, 0.05) is 30.9 Å². The van der Waals surface area contributed by atoms with E-state index in [1.807, 2.05) is 6.07 Å². The highest BCUT2D eigenvalue weighted by atomic mass is 16.5. The molecule has 1 aliphatic carbocycles. The summed E-state index contributed by atoms with van der Waals surface area (Å²) < 4.78 is 5.29. The lowest BCUT2D eigenvalue weighted by Crippen LogP contribution is -2.39. The highest BCUT2D eigenvalue weighted by Gasteiger charge is 2.23. The van der Waals surface area contributed by atoms with Crippen LogP contribution in [0, 0.1) is 0 Å². The summed E-state index contributed by atoms with van der Waals surface area (Å²) in [7, 11) is 5.98. The molecule has 18 heavy (non-hydrogen) atoms. The molecule has 0 spiro atoms. The number of hydrogen-bond donors (Lipinski definition) is 1. The van der Waals surface area contributed by atoms with E-state index in [2.05, 4.69) is 42.5 Å². The predicted octanol–water partition coefficient (Wildman–Crippen LogP) is 2.66. The highest BCUT2D eigenvalue weighted by molar-refractivity contribution is 5.51. The van der Waals surface area contributed by atoms with Gasteiger partial charge in [0.15, 0.2) is 0 Å². The molecule has 1 N–H and O–H groups in total. The van der Waals surface area contributed by atoms with Gasteiger partial charge >= 0.3 is 0 Å². The molecule has 2 rings (SSSR count). The van der Waals surface area contributed by atoms with E-state index >= 15 is 0 Å². The predicted molar refractivity (Wildman–Crippen MR) is 76.5 cm³/mol. The van der Waals surface area contributed by atoms with Crippen LogP contribution in [0.25, 0.3) is 0 Å². The molecular weight excluding hydrogens is 224 g/mol. The Morgan fingerprint density at radius 3 is 2.56 bits per heavy atom. The van der Waals surface area contributed by atoms with E-state index < -0.39 is 0 Å². The Morgan fingerprint density at radius 2 is 1.94 bits per heavy atom. The molecule has 0 saturated heterocycles. The molecule has 1 aromatic carbocycles. The Kier molecular flexibility index (Phi) is 4.48. The van der Waals surface area contributed by atoms with Crippen molar-refractivity contribution in [3.8, 4) is 5.75 Å². The zero-order valence-electron chi connectivity index (χ0n) is 11.6. The normalized spacial score (nSPS) is 23.7. The van der Waals surface area contributed by atoms with Crippen molar-refractivity contribution < 1.29 is 4.74 Å². The van der Waals surface area contributed by atoms with Crippen LogP contribution < -0.4 is 15.0 Å². The molecule has 1 aliphatic rings. The molecule has 3 nitrogen and oxygen atoms in total. The van der Waals surface area contributed by atoms with Gasteiger partial charge in [-0.3, -0.25) is 0 Å². The van der Waals surface area contributed by atoms with Gasteiger partial charge in [-0.25, -0.2) is 0 Å². The van der Waals surface area contributed by atoms with Crippen LogP contribution in [-0.4, -0.2) is 33.3 Å². The van der Waals surface area contributed by atoms with E-state index in [9.17, 15) is 0 Å². The van der Waals surface area contributed by atoms with Gasteiger partial charge in [0.25, 0.3) is 0 Å². The van der Waals surface area contributed by atoms with Crippen molar-refractivity contribution in [2.24, 2.45) is 0 Å². The number of nitrogens with zero attached hydrogens (tertiary/aromatic N) is 1. The summed E-state index contributed by atoms with van der Waals surface area (Å²) in [6.07, 6.45) is 5.07. The summed E-state index contributed by atoms with van der Waals surface area (Å²) in [4.78, 5) is 2.40. The van der Waals surface area contributed by atoms with Gasteiger partial charge in [-0.05, 0) is 44.9 Å². The maximum Gasteiger partial charge on any atom is 0.120 e. The smallest absolute Gasteiger partial charge is 0.120 e. The summed E-state index contributed by atoms with van der Waals surface area (Å²) in [5.41, 5.74) is 1.25. The van der Waals surface area contributed by atoms with Gasteiger partial charge in [-0.1, -0.05) is 6.07 Å². The van der Waals surface area contributed by atoms with E-state index in [1.54, 1.807) is 7.11 Å². The third kappa shape index (κ3) is 2.96. The fourth-order valence-corrected chi connectivity index (χ4v) is 2.79. The summed E-state index contributed by atoms with van der Waals surface area (Å²) in [6.45, 7) is 0. The van der Waals surface area contributed by atoms with Crippen molar-refractivity contribution >= 4 is 5.69 Å². The molecule has 100 valence electrons. The molecule has 1 saturated carbocycles. The minimum Gasteiger partial charge on any atom is -0.497 e. The molecule has 1 fully saturated rings. The van der Waals surface area contributed by atoms with Crippen molar-refractivity contribution in [1.82, 2.24) is 5.32 Å². The standard InChI is InChI=1S/C15H24N2O/c1-16-12-7-9-13(10-8-12)17(2)14-5-4-6-15(11-14)18-3/h4-6,11-13,16H,7-10H2,1-3H3. The average molecular weight is 248 g/mol. The van der Waals surface area contributed by atoms with Crippen LogP contribution in [-0.2, 0) is 0 Å². The molecule has 3 heteroatoms. The molecule has 0 amide bonds. The Bertz CT molecular complexity index is 373. The van der Waals surface area contributed by atoms with E-state index in [0.717, 1.165) is 5.75 Å². The van der Waals surface area contributed by atoms with Crippen molar-refractivity contribution in [2.45, 2.75) is 37.8 Å². The number of benzene rings is 1. The SMILES string of the molecule is CNC1CCC(N(C)c2cccc(OC)c2)CC1. The topological polar surface area (TPSA) is 24.5 Å². The van der Waals surface area contributed by atoms with Gasteiger partial charge in [-0.2, -0.15) is 0 Å². The summed E-state index contributed by atoms with van der Waals surface area (Å²) in [5.74, 6) is 0.934. The molecule has 0 aromatic heterocycles. The lowest BCUT2D eigenvalue weighted by Gasteiger charge is -2.36. The largest absolute Gasteiger partial charge is 0.497 e. The monoisotopic (exact) mass is 248 g/mol. The van der Waals surface area contributed by atoms with Crippen LogP contribution in [0.3, 0.4) is 0 Å². The summed E-state index contributed by atoms with van der Waals surface area (Å²) in [6, 6.07) is 9.69. The van der Waals surface area contributed by atoms with Crippen LogP contribution >= 0.6 is 0 Å². The first kappa shape index (κ1) is 13.2. The first-order valence-corrected chi connectivity index (χ1v) is 6.78. The minimum atomic E-state index is 0.654. The van der Waals surface area contributed by atoms with Crippen molar-refractivity contribution in [2.75, 3.05) is 26.1 Å². The van der Waals surface area contributed by atoms with Gasteiger partial charge in [0.05, 0.1) is 7.11 Å². The van der Waals surface area contributed by atoms with Crippen LogP contribution in [0.5, 0.6) is 5.75 Å². The van der Waals surface area contributed by atoms with Gasteiger partial charge in [0.1, 0.15) is 5.75 Å². The van der Waals surface area contributed by atoms with Crippen LogP contribution in [0.1, 0.15) is 25.7 Å². The Hall–Kier alpha value is -1.22. The molecule has 0 bridgehead atoms. The van der Waals surface area contributed by atoms with E-state index in [-0.39, 0.29) is 0 Å². The van der Waals surface area contributed by atoms with Crippen molar-refractivity contribution in [3.05, 3.63) is 24.3 Å². The first-order chi connectivity index (χ1) is 8.74. The van der Waals surface area contributed by atoms with Crippen molar-refractivity contribution in [1.29, 1.82) is 0 Å². The molecule has 0 atom stereocenters. The van der Waals surface area contributed by atoms with Crippen LogP contribution in [0.4, 0.5) is 5.69 Å². The van der Waals surface area contributed by atoms with E-state index in [1.165, 1.54) is 31.4 Å². The second-order valence-corrected chi connectivity index (χ2v) is 5.11. The van der Waals surface area contributed by atoms with Crippen LogP contribution in [0.2, 0.25) is 0 Å². The third-order valence-corrected chi connectivity index (χ3v) is 4.11. The number of ether oxygens (including phenoxy) is 1. The first-order valence-electron chi connectivity index (χ1n) is 6.78. The Morgan fingerprint density at radius 1 is 1.22 bits per heavy atom. The summed E-state index contributed by atoms with van der Waals surface area (Å²) in [5, 5.41) is 3.38. The molecule has 0 radical (unpaired) electrons. The fourth-order valence-electron chi connectivity index (χ4n) is 2.79. The van der Waals surface area contributed by atoms with Gasteiger partial charge in [0.2, 0.25) is 0 Å². The number of nitrogens with one attached hydrogen (secondary N) is 1. The number of hydrogen-bond acceptors (Lipinski definition) is 3. The molecular formula is C15H24N2O. The highest BCUT2D eigenvalue weighted by Crippen LogP contribution is 2.28. The fraction of sp³-hybridized carbons (Fsp3) is 0.600. The molecule has 0 heterocycles. The second-order valence-electron chi connectivity index (χ2n) is 5.11. The maximum absolute atomic E-state index is 5.29. The zero-order chi connectivity index (χ0) is 13.0. The quantitative estimate of drug-likeness (QED) is 0.886. The van der Waals surface area contributed by atoms with Crippen LogP contribution in [0.15, 0.2) is 24.3 Å². The lowest BCUT2D eigenvalue weighted by molar-refractivity contribution is 0.351. The Balaban J connectivity index is 2.00. The lowest BCUT2D eigenvalue weighted by atomic mass is 9.90. The molecule has 1 aromatic rings. The number of methoxy groups -OCH3 is 1. The number of anilines is 1. The zero-order valence-corrected chi connectivity index (χ0v) is 11.6. The maximum atomic E-state index is 5.29. The van der Waals surface area contributed by atoms with E-state index in [4.69, 9.17) is 4.74 Å². The summed E-state index contributed by atoms with van der Waals surface area (Å²) >= 11 is 0. The number of rotatable bonds is 4. The molecule has 0 aliphatic heterocycles. The molecule has 0 unspecified atom stereocenters. The van der Waals surface area contributed by atoms with Gasteiger partial charge < -0.3 is 15.0 Å². The Labute approximate surface area is 110 Å². The second kappa shape index (κ2) is 6.10. The van der Waals surface area contributed by atoms with E-state index in [0.29, 0.717) is 12.1 Å². The average Bonchev–Trinajstić information content (AvgIpc) is 2.46. The third-order valence-electron chi connectivity index (χ3n) is 4.11. The van der Waals surface area contributed by atoms with Crippen molar-refractivity contribution in [3.63, 3.8) is 0 Å². The minimum absolute atomic E-state index is 0.654. The van der Waals surface area contributed by atoms with Gasteiger partial charge in [-0.15, -0.1) is 0 Å².